The molecule has 0 saturated carbocycles. The molecule has 184 valence electrons. The minimum Gasteiger partial charge on any atom is -0.497 e. The van der Waals surface area contributed by atoms with Crippen molar-refractivity contribution in [2.75, 3.05) is 23.6 Å². The number of methoxy groups -OCH3 is 1. The molecule has 1 unspecified atom stereocenters. The van der Waals surface area contributed by atoms with E-state index in [4.69, 9.17) is 9.72 Å². The fourth-order valence-corrected chi connectivity index (χ4v) is 6.43. The first kappa shape index (κ1) is 23.6. The number of hydrogen-bond acceptors (Lipinski definition) is 6. The first-order valence-electron chi connectivity index (χ1n) is 11.9. The molecule has 0 spiro atoms. The molecule has 0 radical (unpaired) electrons. The topological polar surface area (TPSA) is 54.5 Å². The second-order valence-corrected chi connectivity index (χ2v) is 10.8. The number of fused-ring (bicyclic) bond motifs is 3. The summed E-state index contributed by atoms with van der Waals surface area (Å²) >= 11 is 3.05. The summed E-state index contributed by atoms with van der Waals surface area (Å²) in [5.74, 6) is 0.791. The molecule has 6 rings (SSSR count). The Bertz CT molecular complexity index is 1600. The number of carbonyl (C=O) groups is 1. The molecule has 37 heavy (non-hydrogen) atoms. The highest BCUT2D eigenvalue weighted by atomic mass is 32.2. The predicted octanol–water partition coefficient (Wildman–Crippen LogP) is 7.67. The van der Waals surface area contributed by atoms with Crippen LogP contribution in [-0.2, 0) is 0 Å². The van der Waals surface area contributed by atoms with Gasteiger partial charge in [0.05, 0.1) is 18.5 Å². The normalized spacial score (nSPS) is 14.9. The van der Waals surface area contributed by atoms with Crippen LogP contribution in [0.4, 0.5) is 11.4 Å². The molecule has 0 aliphatic carbocycles. The number of nitrogens with one attached hydrogen (secondary N) is 1. The van der Waals surface area contributed by atoms with E-state index in [0.717, 1.165) is 55.3 Å². The zero-order valence-electron chi connectivity index (χ0n) is 20.7. The molecular weight excluding hydrogens is 498 g/mol. The van der Waals surface area contributed by atoms with Gasteiger partial charge >= 0.3 is 0 Å². The molecule has 1 N–H and O–H groups in total. The van der Waals surface area contributed by atoms with Crippen LogP contribution in [0, 0.1) is 6.92 Å². The van der Waals surface area contributed by atoms with Gasteiger partial charge < -0.3 is 10.1 Å². The monoisotopic (exact) mass is 523 g/mol. The summed E-state index contributed by atoms with van der Waals surface area (Å²) in [6, 6.07) is 28.4. The summed E-state index contributed by atoms with van der Waals surface area (Å²) in [6.45, 7) is 2.05. The van der Waals surface area contributed by atoms with Gasteiger partial charge in [0.25, 0.3) is 5.91 Å². The average Bonchev–Trinajstić information content (AvgIpc) is 3.32. The Hall–Kier alpha value is -3.81. The molecule has 0 bridgehead atoms. The van der Waals surface area contributed by atoms with Crippen LogP contribution in [0.3, 0.4) is 0 Å². The van der Waals surface area contributed by atoms with Crippen LogP contribution in [0.15, 0.2) is 84.9 Å². The molecule has 1 aliphatic heterocycles. The maximum atomic E-state index is 14.0. The summed E-state index contributed by atoms with van der Waals surface area (Å²) in [4.78, 5) is 22.4. The second kappa shape index (κ2) is 9.57. The van der Waals surface area contributed by atoms with Gasteiger partial charge in [0.1, 0.15) is 15.5 Å². The lowest BCUT2D eigenvalue weighted by Crippen LogP contribution is -2.46. The minimum absolute atomic E-state index is 0.00929. The van der Waals surface area contributed by atoms with Crippen molar-refractivity contribution >= 4 is 50.6 Å². The average molecular weight is 524 g/mol. The lowest BCUT2D eigenvalue weighted by atomic mass is 9.99. The van der Waals surface area contributed by atoms with Crippen LogP contribution in [0.2, 0.25) is 0 Å². The van der Waals surface area contributed by atoms with Gasteiger partial charge in [-0.05, 0) is 66.8 Å². The number of thiophene rings is 1. The largest absolute Gasteiger partial charge is 0.497 e. The Morgan fingerprint density at radius 1 is 0.973 bits per heavy atom. The Balaban J connectivity index is 1.56. The van der Waals surface area contributed by atoms with Crippen molar-refractivity contribution < 1.29 is 9.53 Å². The van der Waals surface area contributed by atoms with Crippen molar-refractivity contribution in [3.63, 3.8) is 0 Å². The number of rotatable bonds is 5. The van der Waals surface area contributed by atoms with E-state index >= 15 is 0 Å². The van der Waals surface area contributed by atoms with E-state index in [1.165, 1.54) is 11.3 Å². The molecular formula is C30H25N3O2S2. The van der Waals surface area contributed by atoms with Crippen LogP contribution in [0.1, 0.15) is 15.2 Å². The molecule has 1 aliphatic rings. The number of aromatic nitrogens is 1. The zero-order chi connectivity index (χ0) is 25.5. The number of ether oxygens (including phenoxy) is 1. The summed E-state index contributed by atoms with van der Waals surface area (Å²) in [6.07, 6.45) is 2.02. The fourth-order valence-electron chi connectivity index (χ4n) is 4.67. The molecule has 1 amide bonds. The Kier molecular flexibility index (Phi) is 6.10. The van der Waals surface area contributed by atoms with Crippen molar-refractivity contribution in [3.05, 3.63) is 95.4 Å². The van der Waals surface area contributed by atoms with Crippen LogP contribution in [-0.4, -0.2) is 29.8 Å². The summed E-state index contributed by atoms with van der Waals surface area (Å²) in [5, 5.41) is 4.66. The van der Waals surface area contributed by atoms with E-state index in [1.807, 2.05) is 84.8 Å². The number of carbonyl (C=O) groups excluding carboxylic acids is 1. The van der Waals surface area contributed by atoms with Gasteiger partial charge in [0.15, 0.2) is 5.50 Å². The zero-order valence-corrected chi connectivity index (χ0v) is 22.3. The molecule has 3 heterocycles. The van der Waals surface area contributed by atoms with Crippen molar-refractivity contribution in [2.45, 2.75) is 12.4 Å². The van der Waals surface area contributed by atoms with E-state index < -0.39 is 0 Å². The number of pyridine rings is 1. The van der Waals surface area contributed by atoms with E-state index in [-0.39, 0.29) is 11.4 Å². The smallest absolute Gasteiger partial charge is 0.272 e. The first-order valence-corrected chi connectivity index (χ1v) is 14.0. The number of nitrogens with zero attached hydrogens (tertiary/aromatic N) is 2. The van der Waals surface area contributed by atoms with Gasteiger partial charge in [-0.15, -0.1) is 23.1 Å². The highest BCUT2D eigenvalue weighted by Crippen LogP contribution is 2.46. The van der Waals surface area contributed by atoms with E-state index in [9.17, 15) is 4.79 Å². The van der Waals surface area contributed by atoms with Crippen molar-refractivity contribution in [1.29, 1.82) is 0 Å². The highest BCUT2D eigenvalue weighted by Gasteiger charge is 2.36. The molecule has 5 aromatic rings. The SMILES string of the molecule is COc1ccc(-c2cc(-c3ccccc3)c3c4c(sc3n2)C(=O)N(c2ccc(C)cc2)C(SC)N4)cc1. The summed E-state index contributed by atoms with van der Waals surface area (Å²) in [5.41, 5.74) is 6.66. The number of amides is 1. The van der Waals surface area contributed by atoms with Crippen molar-refractivity contribution in [3.8, 4) is 28.1 Å². The Morgan fingerprint density at radius 2 is 1.70 bits per heavy atom. The van der Waals surface area contributed by atoms with Gasteiger partial charge in [-0.25, -0.2) is 4.98 Å². The maximum absolute atomic E-state index is 14.0. The Morgan fingerprint density at radius 3 is 2.38 bits per heavy atom. The number of anilines is 2. The van der Waals surface area contributed by atoms with E-state index in [1.54, 1.807) is 18.9 Å². The summed E-state index contributed by atoms with van der Waals surface area (Å²) in [7, 11) is 1.66. The molecule has 0 saturated heterocycles. The standard InChI is InChI=1S/C30H25N3O2S2/c1-18-9-13-21(14-10-18)33-29(34)27-26(32-30(33)36-3)25-23(19-7-5-4-6-8-19)17-24(31-28(25)37-27)20-11-15-22(35-2)16-12-20/h4-17,30,32H,1-3H3. The Labute approximate surface area is 224 Å². The van der Waals surface area contributed by atoms with Crippen LogP contribution >= 0.6 is 23.1 Å². The minimum atomic E-state index is -0.231. The lowest BCUT2D eigenvalue weighted by molar-refractivity contribution is 0.0987. The number of benzene rings is 3. The fraction of sp³-hybridized carbons (Fsp3) is 0.133. The van der Waals surface area contributed by atoms with Gasteiger partial charge in [-0.2, -0.15) is 0 Å². The van der Waals surface area contributed by atoms with Crippen LogP contribution < -0.4 is 15.0 Å². The highest BCUT2D eigenvalue weighted by molar-refractivity contribution is 7.99. The van der Waals surface area contributed by atoms with Crippen molar-refractivity contribution in [2.24, 2.45) is 0 Å². The first-order chi connectivity index (χ1) is 18.1. The molecule has 7 heteroatoms. The van der Waals surface area contributed by atoms with Crippen LogP contribution in [0.5, 0.6) is 5.75 Å². The summed E-state index contributed by atoms with van der Waals surface area (Å²) < 4.78 is 5.34. The molecule has 3 aromatic carbocycles. The van der Waals surface area contributed by atoms with E-state index in [0.29, 0.717) is 4.88 Å². The quantitative estimate of drug-likeness (QED) is 0.256. The van der Waals surface area contributed by atoms with Gasteiger partial charge in [0, 0.05) is 16.6 Å². The molecule has 2 aromatic heterocycles. The third-order valence-corrected chi connectivity index (χ3v) is 8.43. The number of thioether (sulfide) groups is 1. The van der Waals surface area contributed by atoms with Crippen molar-refractivity contribution in [1.82, 2.24) is 4.98 Å². The number of hydrogen-bond donors (Lipinski definition) is 1. The van der Waals surface area contributed by atoms with Crippen LogP contribution in [0.25, 0.3) is 32.6 Å². The lowest BCUT2D eigenvalue weighted by Gasteiger charge is -2.35. The van der Waals surface area contributed by atoms with E-state index in [2.05, 4.69) is 23.5 Å². The second-order valence-electron chi connectivity index (χ2n) is 8.88. The third-order valence-electron chi connectivity index (χ3n) is 6.58. The molecule has 5 nitrogen and oxygen atoms in total. The molecule has 0 fully saturated rings. The molecule has 1 atom stereocenters. The van der Waals surface area contributed by atoms with Gasteiger partial charge in [-0.3, -0.25) is 9.69 Å². The predicted molar refractivity (Wildman–Crippen MR) is 156 cm³/mol. The van der Waals surface area contributed by atoms with Gasteiger partial charge in [0.2, 0.25) is 0 Å². The maximum Gasteiger partial charge on any atom is 0.272 e. The van der Waals surface area contributed by atoms with Gasteiger partial charge in [-0.1, -0.05) is 48.0 Å². The third kappa shape index (κ3) is 4.14. The number of aryl methyl sites for hydroxylation is 1.